The number of carboxylic acid groups (broad SMARTS) is 1. The number of carbonyl (C=O) groups is 1. The van der Waals surface area contributed by atoms with Crippen molar-refractivity contribution < 1.29 is 14.4 Å². The van der Waals surface area contributed by atoms with Gasteiger partial charge in [0.15, 0.2) is 5.82 Å². The molecule has 0 aliphatic heterocycles. The highest BCUT2D eigenvalue weighted by atomic mass is 35.5. The summed E-state index contributed by atoms with van der Waals surface area (Å²) in [5, 5.41) is 16.2. The third-order valence-corrected chi connectivity index (χ3v) is 2.67. The van der Waals surface area contributed by atoms with Gasteiger partial charge in [0, 0.05) is 18.0 Å². The van der Waals surface area contributed by atoms with Crippen molar-refractivity contribution in [2.45, 2.75) is 13.3 Å². The molecule has 0 fully saturated rings. The van der Waals surface area contributed by atoms with E-state index in [2.05, 4.69) is 15.5 Å². The molecule has 0 radical (unpaired) electrons. The first kappa shape index (κ1) is 13.4. The predicted octanol–water partition coefficient (Wildman–Crippen LogP) is 2.38. The number of aromatic carboxylic acids is 1. The van der Waals surface area contributed by atoms with Crippen molar-refractivity contribution in [3.05, 3.63) is 40.5 Å². The lowest BCUT2D eigenvalue weighted by Gasteiger charge is -2.08. The fourth-order valence-corrected chi connectivity index (χ4v) is 1.77. The number of rotatable bonds is 5. The van der Waals surface area contributed by atoms with Crippen LogP contribution in [0.15, 0.2) is 22.7 Å². The second kappa shape index (κ2) is 5.71. The van der Waals surface area contributed by atoms with Crippen LogP contribution in [0.3, 0.4) is 0 Å². The van der Waals surface area contributed by atoms with Crippen LogP contribution >= 0.6 is 11.6 Å². The summed E-state index contributed by atoms with van der Waals surface area (Å²) in [4.78, 5) is 15.1. The van der Waals surface area contributed by atoms with Gasteiger partial charge in [0.1, 0.15) is 0 Å². The Bertz CT molecular complexity index is 598. The zero-order valence-corrected chi connectivity index (χ0v) is 10.9. The van der Waals surface area contributed by atoms with Crippen LogP contribution in [0.25, 0.3) is 0 Å². The molecule has 100 valence electrons. The Morgan fingerprint density at radius 2 is 2.32 bits per heavy atom. The number of aromatic nitrogens is 2. The van der Waals surface area contributed by atoms with E-state index in [9.17, 15) is 4.79 Å². The third-order valence-electron chi connectivity index (χ3n) is 2.44. The van der Waals surface area contributed by atoms with Gasteiger partial charge in [0.05, 0.1) is 11.3 Å². The van der Waals surface area contributed by atoms with Crippen LogP contribution in [-0.2, 0) is 6.42 Å². The topological polar surface area (TPSA) is 88.2 Å². The molecule has 2 N–H and O–H groups in total. The van der Waals surface area contributed by atoms with Crippen LogP contribution in [0.2, 0.25) is 5.02 Å². The standard InChI is InChI=1S/C12H12ClN3O3/c1-7-15-11(19-16-7)4-5-14-10-6-8(13)2-3-9(10)12(17)18/h2-3,6,14H,4-5H2,1H3,(H,17,18). The molecule has 0 aliphatic rings. The molecular formula is C12H12ClN3O3. The van der Waals surface area contributed by atoms with E-state index in [1.165, 1.54) is 12.1 Å². The van der Waals surface area contributed by atoms with Gasteiger partial charge in [-0.05, 0) is 25.1 Å². The molecule has 0 saturated carbocycles. The monoisotopic (exact) mass is 281 g/mol. The average Bonchev–Trinajstić information content (AvgIpc) is 2.75. The van der Waals surface area contributed by atoms with Crippen molar-refractivity contribution in [1.29, 1.82) is 0 Å². The van der Waals surface area contributed by atoms with Crippen LogP contribution in [0.5, 0.6) is 0 Å². The minimum Gasteiger partial charge on any atom is -0.478 e. The smallest absolute Gasteiger partial charge is 0.337 e. The highest BCUT2D eigenvalue weighted by molar-refractivity contribution is 6.31. The van der Waals surface area contributed by atoms with Crippen molar-refractivity contribution in [3.8, 4) is 0 Å². The molecule has 1 heterocycles. The number of benzene rings is 1. The average molecular weight is 282 g/mol. The van der Waals surface area contributed by atoms with Crippen LogP contribution < -0.4 is 5.32 Å². The molecule has 7 heteroatoms. The molecule has 0 aliphatic carbocycles. The van der Waals surface area contributed by atoms with E-state index in [1.54, 1.807) is 13.0 Å². The Hall–Kier alpha value is -2.08. The van der Waals surface area contributed by atoms with Gasteiger partial charge in [0.2, 0.25) is 5.89 Å². The largest absolute Gasteiger partial charge is 0.478 e. The summed E-state index contributed by atoms with van der Waals surface area (Å²) in [6.07, 6.45) is 0.506. The van der Waals surface area contributed by atoms with Gasteiger partial charge in [-0.15, -0.1) is 0 Å². The zero-order valence-electron chi connectivity index (χ0n) is 10.2. The highest BCUT2D eigenvalue weighted by Crippen LogP contribution is 2.21. The van der Waals surface area contributed by atoms with E-state index in [-0.39, 0.29) is 5.56 Å². The van der Waals surface area contributed by atoms with Crippen molar-refractivity contribution in [3.63, 3.8) is 0 Å². The van der Waals surface area contributed by atoms with E-state index >= 15 is 0 Å². The lowest BCUT2D eigenvalue weighted by molar-refractivity contribution is 0.0698. The third kappa shape index (κ3) is 3.45. The summed E-state index contributed by atoms with van der Waals surface area (Å²) >= 11 is 5.85. The SMILES string of the molecule is Cc1noc(CCNc2cc(Cl)ccc2C(=O)O)n1. The molecule has 0 unspecified atom stereocenters. The minimum atomic E-state index is -1.01. The first-order valence-electron chi connectivity index (χ1n) is 5.62. The van der Waals surface area contributed by atoms with E-state index in [1.807, 2.05) is 0 Å². The molecule has 19 heavy (non-hydrogen) atoms. The summed E-state index contributed by atoms with van der Waals surface area (Å²) in [6.45, 7) is 2.21. The van der Waals surface area contributed by atoms with Crippen molar-refractivity contribution in [2.24, 2.45) is 0 Å². The Morgan fingerprint density at radius 3 is 2.95 bits per heavy atom. The number of nitrogens with zero attached hydrogens (tertiary/aromatic N) is 2. The van der Waals surface area contributed by atoms with Crippen LogP contribution in [0.1, 0.15) is 22.1 Å². The summed E-state index contributed by atoms with van der Waals surface area (Å²) in [7, 11) is 0. The summed E-state index contributed by atoms with van der Waals surface area (Å²) in [5.74, 6) is 0.0701. The van der Waals surface area contributed by atoms with Gasteiger partial charge in [0.25, 0.3) is 0 Å². The summed E-state index contributed by atoms with van der Waals surface area (Å²) in [6, 6.07) is 4.57. The molecule has 0 atom stereocenters. The summed E-state index contributed by atoms with van der Waals surface area (Å²) < 4.78 is 4.96. The Labute approximate surface area is 114 Å². The van der Waals surface area contributed by atoms with Gasteiger partial charge < -0.3 is 14.9 Å². The Balaban J connectivity index is 2.02. The van der Waals surface area contributed by atoms with E-state index in [0.29, 0.717) is 35.4 Å². The lowest BCUT2D eigenvalue weighted by atomic mass is 10.2. The molecule has 1 aromatic heterocycles. The number of aryl methyl sites for hydroxylation is 1. The van der Waals surface area contributed by atoms with E-state index in [4.69, 9.17) is 21.2 Å². The fourth-order valence-electron chi connectivity index (χ4n) is 1.59. The molecule has 2 aromatic rings. The molecular weight excluding hydrogens is 270 g/mol. The molecule has 1 aromatic carbocycles. The second-order valence-electron chi connectivity index (χ2n) is 3.91. The van der Waals surface area contributed by atoms with Gasteiger partial charge >= 0.3 is 5.97 Å². The Kier molecular flexibility index (Phi) is 4.01. The van der Waals surface area contributed by atoms with Crippen molar-refractivity contribution in [1.82, 2.24) is 10.1 Å². The Morgan fingerprint density at radius 1 is 1.53 bits per heavy atom. The van der Waals surface area contributed by atoms with Crippen LogP contribution in [0.4, 0.5) is 5.69 Å². The lowest BCUT2D eigenvalue weighted by Crippen LogP contribution is -2.09. The number of carboxylic acids is 1. The van der Waals surface area contributed by atoms with Crippen LogP contribution in [0, 0.1) is 6.92 Å². The molecule has 0 saturated heterocycles. The minimum absolute atomic E-state index is 0.172. The predicted molar refractivity (Wildman–Crippen MR) is 69.6 cm³/mol. The maximum atomic E-state index is 11.0. The second-order valence-corrected chi connectivity index (χ2v) is 4.34. The first-order chi connectivity index (χ1) is 9.06. The molecule has 2 rings (SSSR count). The fraction of sp³-hybridized carbons (Fsp3) is 0.250. The van der Waals surface area contributed by atoms with Crippen molar-refractivity contribution in [2.75, 3.05) is 11.9 Å². The number of nitrogens with one attached hydrogen (secondary N) is 1. The quantitative estimate of drug-likeness (QED) is 0.875. The number of anilines is 1. The molecule has 0 spiro atoms. The van der Waals surface area contributed by atoms with Gasteiger partial charge in [-0.2, -0.15) is 4.98 Å². The van der Waals surface area contributed by atoms with Crippen LogP contribution in [-0.4, -0.2) is 27.8 Å². The van der Waals surface area contributed by atoms with Gasteiger partial charge in [-0.3, -0.25) is 0 Å². The number of hydrogen-bond donors (Lipinski definition) is 2. The van der Waals surface area contributed by atoms with E-state index < -0.39 is 5.97 Å². The van der Waals surface area contributed by atoms with E-state index in [0.717, 1.165) is 0 Å². The maximum Gasteiger partial charge on any atom is 0.337 e. The maximum absolute atomic E-state index is 11.0. The zero-order chi connectivity index (χ0) is 13.8. The molecule has 0 bridgehead atoms. The van der Waals surface area contributed by atoms with Crippen molar-refractivity contribution >= 4 is 23.3 Å². The van der Waals surface area contributed by atoms with Gasteiger partial charge in [-0.25, -0.2) is 4.79 Å². The molecule has 0 amide bonds. The highest BCUT2D eigenvalue weighted by Gasteiger charge is 2.10. The molecule has 6 nitrogen and oxygen atoms in total. The number of halogens is 1. The number of hydrogen-bond acceptors (Lipinski definition) is 5. The first-order valence-corrected chi connectivity index (χ1v) is 6.00. The summed E-state index contributed by atoms with van der Waals surface area (Å²) in [5.41, 5.74) is 0.641. The normalized spacial score (nSPS) is 10.4. The van der Waals surface area contributed by atoms with Gasteiger partial charge in [-0.1, -0.05) is 16.8 Å².